The van der Waals surface area contributed by atoms with E-state index in [-0.39, 0.29) is 66.6 Å². The molecule has 0 spiro atoms. The van der Waals surface area contributed by atoms with Gasteiger partial charge in [0.2, 0.25) is 11.8 Å². The SMILES string of the molecule is CCCN(CCC)C(=O)C1=Cc2ccc(C(=O)Nc3ccc(C4CN(Cc5ccccc5)C[C@@H]4C(=O)OC)cc3)cc2N=C(N)C1.CCCN(CCC)C(=O)C1=Cc2ccc(C(=O)Nc3cncc(CCC(=O)CN)c3)cc2N=C(N)C1. The molecule has 1 unspecified atom stereocenters. The standard InChI is InChI=1S/C37H43N5O4.C27H34N6O3/c1-4-17-42(18-5-2)36(44)29-19-27-11-12-28(20-33(27)40-34(38)21-29)35(43)39-30-15-13-26(14-16-30)31-23-41(24-32(31)37(45)46-3)22-25-9-7-6-8-10-25;1-3-9-33(10-4-2)27(36)21-12-19-6-7-20(13-24(19)32-25(29)14-21)26(35)31-22-11-18(16-30-17-22)5-8-23(34)15-28/h6-16,19-20,31-32H,4-5,17-18,21-24H2,1-3H3,(H2,38,40)(H,39,43);6-7,11-13,16-17H,3-5,8-10,14-15,28H2,1-2H3,(H2,29,32)(H,31,35)/t31?,32-;/m0./s1. The van der Waals surface area contributed by atoms with E-state index in [0.29, 0.717) is 102 Å². The maximum atomic E-state index is 13.3. The predicted molar refractivity (Wildman–Crippen MR) is 324 cm³/mol. The number of ketones is 1. The number of carbonyl (C=O) groups is 6. The number of carbonyl (C=O) groups excluding carboxylic acids is 6. The van der Waals surface area contributed by atoms with Crippen molar-refractivity contribution in [2.24, 2.45) is 33.1 Å². The van der Waals surface area contributed by atoms with Crippen molar-refractivity contribution in [2.45, 2.75) is 91.5 Å². The number of amides is 4. The number of nitrogens with two attached hydrogens (primary N) is 3. The van der Waals surface area contributed by atoms with Crippen LogP contribution < -0.4 is 27.8 Å². The zero-order valence-electron chi connectivity index (χ0n) is 47.8. The fraction of sp³-hybridized carbons (Fsp3) is 0.359. The molecule has 430 valence electrons. The summed E-state index contributed by atoms with van der Waals surface area (Å²) in [6, 6.07) is 30.0. The van der Waals surface area contributed by atoms with Crippen LogP contribution in [0.15, 0.2) is 131 Å². The summed E-state index contributed by atoms with van der Waals surface area (Å²) < 4.78 is 5.15. The third-order valence-electron chi connectivity index (χ3n) is 14.3. The third kappa shape index (κ3) is 16.5. The molecule has 0 aliphatic carbocycles. The lowest BCUT2D eigenvalue weighted by atomic mass is 9.89. The fourth-order valence-corrected chi connectivity index (χ4v) is 10.3. The van der Waals surface area contributed by atoms with Crippen molar-refractivity contribution in [1.82, 2.24) is 19.7 Å². The molecule has 82 heavy (non-hydrogen) atoms. The van der Waals surface area contributed by atoms with Gasteiger partial charge in [0, 0.05) is 116 Å². The average molecular weight is 1110 g/mol. The molecule has 18 nitrogen and oxygen atoms in total. The maximum Gasteiger partial charge on any atom is 0.310 e. The molecule has 8 N–H and O–H groups in total. The Balaban J connectivity index is 0.000000244. The number of esters is 1. The van der Waals surface area contributed by atoms with Crippen LogP contribution in [0.5, 0.6) is 0 Å². The second-order valence-corrected chi connectivity index (χ2v) is 20.8. The number of methoxy groups -OCH3 is 1. The second kappa shape index (κ2) is 29.7. The number of fused-ring (bicyclic) bond motifs is 2. The lowest BCUT2D eigenvalue weighted by Gasteiger charge is -2.22. The van der Waals surface area contributed by atoms with E-state index < -0.39 is 0 Å². The van der Waals surface area contributed by atoms with Crippen LogP contribution in [0.3, 0.4) is 0 Å². The Morgan fingerprint density at radius 2 is 1.16 bits per heavy atom. The van der Waals surface area contributed by atoms with E-state index in [2.05, 4.69) is 56.5 Å². The molecular weight excluding hydrogens is 1030 g/mol. The number of hydrogen-bond acceptors (Lipinski definition) is 14. The van der Waals surface area contributed by atoms with Gasteiger partial charge in [0.05, 0.1) is 42.8 Å². The van der Waals surface area contributed by atoms with Gasteiger partial charge in [0.15, 0.2) is 0 Å². The van der Waals surface area contributed by atoms with Gasteiger partial charge in [0.1, 0.15) is 17.5 Å². The Kier molecular flexibility index (Phi) is 22.1. The number of Topliss-reactive ketones (excluding diaryl/α,β-unsaturated/α-hetero) is 1. The summed E-state index contributed by atoms with van der Waals surface area (Å²) >= 11 is 0. The molecule has 4 amide bonds. The van der Waals surface area contributed by atoms with Gasteiger partial charge in [-0.1, -0.05) is 82.3 Å². The van der Waals surface area contributed by atoms with E-state index in [1.54, 1.807) is 54.9 Å². The molecule has 1 fully saturated rings. The minimum atomic E-state index is -0.329. The molecule has 3 aliphatic rings. The van der Waals surface area contributed by atoms with Gasteiger partial charge in [-0.15, -0.1) is 0 Å². The molecule has 4 heterocycles. The zero-order valence-corrected chi connectivity index (χ0v) is 47.8. The van der Waals surface area contributed by atoms with Gasteiger partial charge in [-0.05, 0) is 103 Å². The molecule has 1 aromatic heterocycles. The van der Waals surface area contributed by atoms with Crippen molar-refractivity contribution < 1.29 is 33.5 Å². The molecular formula is C64H77N11O7. The number of nitrogens with zero attached hydrogens (tertiary/aromatic N) is 6. The number of benzene rings is 4. The Bertz CT molecular complexity index is 3210. The highest BCUT2D eigenvalue weighted by Gasteiger charge is 2.39. The number of hydrogen-bond donors (Lipinski definition) is 5. The van der Waals surface area contributed by atoms with Crippen LogP contribution in [0, 0.1) is 5.92 Å². The lowest BCUT2D eigenvalue weighted by Crippen LogP contribution is -2.34. The van der Waals surface area contributed by atoms with Crippen LogP contribution >= 0.6 is 0 Å². The molecule has 8 rings (SSSR count). The van der Waals surface area contributed by atoms with Crippen molar-refractivity contribution >= 4 is 82.0 Å². The minimum Gasteiger partial charge on any atom is -0.469 e. The average Bonchev–Trinajstić information content (AvgIpc) is 3.99. The summed E-state index contributed by atoms with van der Waals surface area (Å²) in [5, 5.41) is 5.81. The van der Waals surface area contributed by atoms with E-state index in [9.17, 15) is 28.8 Å². The number of pyridine rings is 1. The Morgan fingerprint density at radius 1 is 0.634 bits per heavy atom. The normalized spacial score (nSPS) is 15.5. The smallest absolute Gasteiger partial charge is 0.310 e. The number of likely N-dealkylation sites (tertiary alicyclic amines) is 1. The van der Waals surface area contributed by atoms with Crippen molar-refractivity contribution in [1.29, 1.82) is 0 Å². The van der Waals surface area contributed by atoms with Crippen LogP contribution in [-0.2, 0) is 36.9 Å². The first-order chi connectivity index (χ1) is 39.6. The summed E-state index contributed by atoms with van der Waals surface area (Å²) in [5.74, 6) is -0.555. The van der Waals surface area contributed by atoms with Gasteiger partial charge in [-0.3, -0.25) is 38.7 Å². The maximum absolute atomic E-state index is 13.3. The number of anilines is 2. The molecule has 3 aliphatic heterocycles. The number of ether oxygens (including phenoxy) is 1. The first kappa shape index (κ1) is 61.0. The minimum absolute atomic E-state index is 0.00968. The monoisotopic (exact) mass is 1110 g/mol. The lowest BCUT2D eigenvalue weighted by molar-refractivity contribution is -0.145. The van der Waals surface area contributed by atoms with Gasteiger partial charge in [0.25, 0.3) is 11.8 Å². The number of aryl methyl sites for hydroxylation is 1. The third-order valence-corrected chi connectivity index (χ3v) is 14.3. The van der Waals surface area contributed by atoms with Gasteiger partial charge in [-0.25, -0.2) is 9.98 Å². The van der Waals surface area contributed by atoms with Crippen molar-refractivity contribution in [3.05, 3.63) is 160 Å². The number of nitrogens with one attached hydrogen (secondary N) is 2. The van der Waals surface area contributed by atoms with E-state index >= 15 is 0 Å². The summed E-state index contributed by atoms with van der Waals surface area (Å²) in [4.78, 5) is 96.0. The van der Waals surface area contributed by atoms with Gasteiger partial charge in [-0.2, -0.15) is 0 Å². The fourth-order valence-electron chi connectivity index (χ4n) is 10.3. The van der Waals surface area contributed by atoms with E-state index in [4.69, 9.17) is 21.9 Å². The Labute approximate surface area is 481 Å². The van der Waals surface area contributed by atoms with Gasteiger partial charge < -0.3 is 42.4 Å². The highest BCUT2D eigenvalue weighted by atomic mass is 16.5. The number of aliphatic imine (C=N–C) groups is 2. The number of aromatic nitrogens is 1. The van der Waals surface area contributed by atoms with E-state index in [1.165, 1.54) is 12.7 Å². The van der Waals surface area contributed by atoms with Crippen LogP contribution in [0.4, 0.5) is 22.7 Å². The molecule has 5 aromatic rings. The van der Waals surface area contributed by atoms with Crippen LogP contribution in [0.25, 0.3) is 12.2 Å². The molecule has 0 radical (unpaired) electrons. The van der Waals surface area contributed by atoms with Crippen molar-refractivity contribution in [3.63, 3.8) is 0 Å². The Hall–Kier alpha value is -8.61. The first-order valence-electron chi connectivity index (χ1n) is 28.3. The summed E-state index contributed by atoms with van der Waals surface area (Å²) in [7, 11) is 1.43. The summed E-state index contributed by atoms with van der Waals surface area (Å²) in [5.41, 5.74) is 26.5. The molecule has 2 atom stereocenters. The van der Waals surface area contributed by atoms with E-state index in [1.807, 2.05) is 78.3 Å². The first-order valence-corrected chi connectivity index (χ1v) is 28.3. The van der Waals surface area contributed by atoms with Crippen molar-refractivity contribution in [2.75, 3.05) is 63.6 Å². The number of amidine groups is 2. The predicted octanol–water partition coefficient (Wildman–Crippen LogP) is 8.97. The second-order valence-electron chi connectivity index (χ2n) is 20.8. The van der Waals surface area contributed by atoms with Crippen molar-refractivity contribution in [3.8, 4) is 0 Å². The zero-order chi connectivity index (χ0) is 58.7. The topological polar surface area (TPSA) is 261 Å². The van der Waals surface area contributed by atoms with Gasteiger partial charge >= 0.3 is 5.97 Å². The van der Waals surface area contributed by atoms with E-state index in [0.717, 1.165) is 61.0 Å². The quantitative estimate of drug-likeness (QED) is 0.0407. The van der Waals surface area contributed by atoms with Crippen LogP contribution in [0.2, 0.25) is 0 Å². The summed E-state index contributed by atoms with van der Waals surface area (Å²) in [6.45, 7) is 13.1. The Morgan fingerprint density at radius 3 is 1.66 bits per heavy atom. The molecule has 18 heteroatoms. The van der Waals surface area contributed by atoms with Crippen LogP contribution in [0.1, 0.15) is 127 Å². The molecule has 1 saturated heterocycles. The molecule has 0 bridgehead atoms. The van der Waals surface area contributed by atoms with Crippen LogP contribution in [-0.4, -0.2) is 120 Å². The largest absolute Gasteiger partial charge is 0.469 e. The summed E-state index contributed by atoms with van der Waals surface area (Å²) in [6.07, 6.45) is 11.7. The highest BCUT2D eigenvalue weighted by Crippen LogP contribution is 2.36. The molecule has 0 saturated carbocycles. The highest BCUT2D eigenvalue weighted by molar-refractivity contribution is 6.09. The molecule has 4 aromatic carbocycles. The number of rotatable bonds is 22.